The second kappa shape index (κ2) is 7.61. The van der Waals surface area contributed by atoms with Crippen LogP contribution in [0.4, 0.5) is 0 Å². The van der Waals surface area contributed by atoms with Crippen LogP contribution >= 0.6 is 11.3 Å². The summed E-state index contributed by atoms with van der Waals surface area (Å²) in [5.41, 5.74) is 0. The SMILES string of the molecule is COc1csc(C(=O)NCCCN2CCC(O)CC2)c1. The third-order valence-corrected chi connectivity index (χ3v) is 4.44. The third kappa shape index (κ3) is 4.47. The minimum absolute atomic E-state index is 0.0348. The summed E-state index contributed by atoms with van der Waals surface area (Å²) in [5, 5.41) is 14.2. The highest BCUT2D eigenvalue weighted by Crippen LogP contribution is 2.20. The molecule has 2 N–H and O–H groups in total. The monoisotopic (exact) mass is 298 g/mol. The van der Waals surface area contributed by atoms with E-state index in [1.165, 1.54) is 11.3 Å². The first kappa shape index (κ1) is 15.3. The maximum atomic E-state index is 11.9. The van der Waals surface area contributed by atoms with Gasteiger partial charge in [-0.25, -0.2) is 0 Å². The van der Waals surface area contributed by atoms with Gasteiger partial charge in [0.15, 0.2) is 0 Å². The maximum absolute atomic E-state index is 11.9. The topological polar surface area (TPSA) is 61.8 Å². The van der Waals surface area contributed by atoms with Gasteiger partial charge in [-0.05, 0) is 25.8 Å². The molecule has 1 aromatic heterocycles. The van der Waals surface area contributed by atoms with E-state index in [2.05, 4.69) is 10.2 Å². The lowest BCUT2D eigenvalue weighted by atomic mass is 10.1. The van der Waals surface area contributed by atoms with Crippen molar-refractivity contribution in [3.63, 3.8) is 0 Å². The van der Waals surface area contributed by atoms with Gasteiger partial charge in [-0.2, -0.15) is 0 Å². The van der Waals surface area contributed by atoms with Crippen molar-refractivity contribution in [2.24, 2.45) is 0 Å². The number of carbonyl (C=O) groups is 1. The molecule has 6 heteroatoms. The Morgan fingerprint density at radius 1 is 1.55 bits per heavy atom. The zero-order valence-corrected chi connectivity index (χ0v) is 12.6. The van der Waals surface area contributed by atoms with Crippen molar-refractivity contribution in [1.29, 1.82) is 0 Å². The minimum Gasteiger partial charge on any atom is -0.496 e. The Morgan fingerprint density at radius 3 is 2.95 bits per heavy atom. The molecule has 1 aliphatic rings. The van der Waals surface area contributed by atoms with E-state index < -0.39 is 0 Å². The number of carbonyl (C=O) groups excluding carboxylic acids is 1. The van der Waals surface area contributed by atoms with E-state index in [4.69, 9.17) is 4.74 Å². The average molecular weight is 298 g/mol. The molecular formula is C14H22N2O3S. The molecule has 112 valence electrons. The number of aliphatic hydroxyl groups is 1. The van der Waals surface area contributed by atoms with Crippen molar-refractivity contribution >= 4 is 17.2 Å². The van der Waals surface area contributed by atoms with E-state index in [0.717, 1.165) is 44.6 Å². The Bertz CT molecular complexity index is 428. The molecule has 0 saturated carbocycles. The number of nitrogens with one attached hydrogen (secondary N) is 1. The van der Waals surface area contributed by atoms with Crippen molar-refractivity contribution in [2.45, 2.75) is 25.4 Å². The fraction of sp³-hybridized carbons (Fsp3) is 0.643. The van der Waals surface area contributed by atoms with Gasteiger partial charge >= 0.3 is 0 Å². The maximum Gasteiger partial charge on any atom is 0.261 e. The Kier molecular flexibility index (Phi) is 5.82. The van der Waals surface area contributed by atoms with E-state index in [-0.39, 0.29) is 12.0 Å². The molecule has 1 amide bonds. The van der Waals surface area contributed by atoms with Crippen LogP contribution in [0, 0.1) is 0 Å². The third-order valence-electron chi connectivity index (χ3n) is 3.53. The van der Waals surface area contributed by atoms with E-state index in [9.17, 15) is 9.90 Å². The zero-order valence-electron chi connectivity index (χ0n) is 11.8. The van der Waals surface area contributed by atoms with Crippen molar-refractivity contribution in [2.75, 3.05) is 33.3 Å². The van der Waals surface area contributed by atoms with Gasteiger partial charge in [-0.15, -0.1) is 11.3 Å². The fourth-order valence-corrected chi connectivity index (χ4v) is 3.05. The molecule has 1 fully saturated rings. The lowest BCUT2D eigenvalue weighted by Gasteiger charge is -2.29. The van der Waals surface area contributed by atoms with Crippen molar-refractivity contribution < 1.29 is 14.6 Å². The first-order chi connectivity index (χ1) is 9.69. The molecule has 0 bridgehead atoms. The summed E-state index contributed by atoms with van der Waals surface area (Å²) in [5.74, 6) is 0.694. The molecule has 2 heterocycles. The van der Waals surface area contributed by atoms with Gasteiger partial charge in [-0.3, -0.25) is 4.79 Å². The van der Waals surface area contributed by atoms with Crippen LogP contribution in [0.25, 0.3) is 0 Å². The molecule has 0 radical (unpaired) electrons. The first-order valence-corrected chi connectivity index (χ1v) is 7.88. The number of ether oxygens (including phenoxy) is 1. The summed E-state index contributed by atoms with van der Waals surface area (Å²) in [6.45, 7) is 3.56. The van der Waals surface area contributed by atoms with Crippen LogP contribution in [0.3, 0.4) is 0 Å². The van der Waals surface area contributed by atoms with Gasteiger partial charge in [0.2, 0.25) is 0 Å². The smallest absolute Gasteiger partial charge is 0.261 e. The van der Waals surface area contributed by atoms with Crippen LogP contribution in [-0.2, 0) is 0 Å². The van der Waals surface area contributed by atoms with Crippen LogP contribution in [0.1, 0.15) is 28.9 Å². The molecule has 0 aliphatic carbocycles. The van der Waals surface area contributed by atoms with Gasteiger partial charge in [0.05, 0.1) is 18.1 Å². The normalized spacial score (nSPS) is 17.1. The Labute approximate surface area is 123 Å². The molecule has 0 spiro atoms. The van der Waals surface area contributed by atoms with Crippen molar-refractivity contribution in [3.8, 4) is 5.75 Å². The fourth-order valence-electron chi connectivity index (χ4n) is 2.28. The number of methoxy groups -OCH3 is 1. The number of nitrogens with zero attached hydrogens (tertiary/aromatic N) is 1. The van der Waals surface area contributed by atoms with Gasteiger partial charge in [-0.1, -0.05) is 0 Å². The van der Waals surface area contributed by atoms with E-state index in [0.29, 0.717) is 11.4 Å². The molecular weight excluding hydrogens is 276 g/mol. The number of thiophene rings is 1. The quantitative estimate of drug-likeness (QED) is 0.778. The summed E-state index contributed by atoms with van der Waals surface area (Å²) in [7, 11) is 1.60. The molecule has 0 atom stereocenters. The molecule has 20 heavy (non-hydrogen) atoms. The number of rotatable bonds is 6. The van der Waals surface area contributed by atoms with Gasteiger partial charge in [0.25, 0.3) is 5.91 Å². The largest absolute Gasteiger partial charge is 0.496 e. The standard InChI is InChI=1S/C14H22N2O3S/c1-19-12-9-13(20-10-12)14(18)15-5-2-6-16-7-3-11(17)4-8-16/h9-11,17H,2-8H2,1H3,(H,15,18). The van der Waals surface area contributed by atoms with Gasteiger partial charge in [0, 0.05) is 31.1 Å². The Hall–Kier alpha value is -1.11. The Morgan fingerprint density at radius 2 is 2.30 bits per heavy atom. The highest BCUT2D eigenvalue weighted by atomic mass is 32.1. The molecule has 1 aliphatic heterocycles. The zero-order chi connectivity index (χ0) is 14.4. The summed E-state index contributed by atoms with van der Waals surface area (Å²) in [4.78, 5) is 14.9. The van der Waals surface area contributed by atoms with E-state index >= 15 is 0 Å². The minimum atomic E-state index is -0.125. The highest BCUT2D eigenvalue weighted by molar-refractivity contribution is 7.12. The van der Waals surface area contributed by atoms with Gasteiger partial charge < -0.3 is 20.1 Å². The number of likely N-dealkylation sites (tertiary alicyclic amines) is 1. The lowest BCUT2D eigenvalue weighted by molar-refractivity contribution is 0.0816. The molecule has 0 unspecified atom stereocenters. The molecule has 0 aromatic carbocycles. The highest BCUT2D eigenvalue weighted by Gasteiger charge is 2.16. The number of hydrogen-bond donors (Lipinski definition) is 2. The van der Waals surface area contributed by atoms with Crippen molar-refractivity contribution in [3.05, 3.63) is 16.3 Å². The van der Waals surface area contributed by atoms with Crippen LogP contribution < -0.4 is 10.1 Å². The second-order valence-corrected chi connectivity index (χ2v) is 5.94. The summed E-state index contributed by atoms with van der Waals surface area (Å²) >= 11 is 1.39. The number of aliphatic hydroxyl groups excluding tert-OH is 1. The van der Waals surface area contributed by atoms with Gasteiger partial charge in [0.1, 0.15) is 5.75 Å². The van der Waals surface area contributed by atoms with Crippen LogP contribution in [-0.4, -0.2) is 55.3 Å². The predicted molar refractivity (Wildman–Crippen MR) is 79.5 cm³/mol. The Balaban J connectivity index is 1.62. The molecule has 2 rings (SSSR count). The van der Waals surface area contributed by atoms with E-state index in [1.807, 2.05) is 5.38 Å². The summed E-state index contributed by atoms with van der Waals surface area (Å²) in [6.07, 6.45) is 2.53. The number of amides is 1. The average Bonchev–Trinajstić information content (AvgIpc) is 2.94. The molecule has 5 nitrogen and oxygen atoms in total. The van der Waals surface area contributed by atoms with E-state index in [1.54, 1.807) is 13.2 Å². The second-order valence-electron chi connectivity index (χ2n) is 5.03. The summed E-state index contributed by atoms with van der Waals surface area (Å²) < 4.78 is 5.06. The van der Waals surface area contributed by atoms with Crippen LogP contribution in [0.2, 0.25) is 0 Å². The molecule has 1 saturated heterocycles. The lowest BCUT2D eigenvalue weighted by Crippen LogP contribution is -2.37. The first-order valence-electron chi connectivity index (χ1n) is 7.00. The number of hydrogen-bond acceptors (Lipinski definition) is 5. The molecule has 1 aromatic rings. The predicted octanol–water partition coefficient (Wildman–Crippen LogP) is 1.33. The number of piperidine rings is 1. The van der Waals surface area contributed by atoms with Crippen molar-refractivity contribution in [1.82, 2.24) is 10.2 Å². The van der Waals surface area contributed by atoms with Crippen LogP contribution in [0.15, 0.2) is 11.4 Å². The van der Waals surface area contributed by atoms with Crippen LogP contribution in [0.5, 0.6) is 5.75 Å². The summed E-state index contributed by atoms with van der Waals surface area (Å²) in [6, 6.07) is 1.76.